The molecule has 0 radical (unpaired) electrons. The summed E-state index contributed by atoms with van der Waals surface area (Å²) in [4.78, 5) is 24.8. The molecule has 3 N–H and O–H groups in total. The van der Waals surface area contributed by atoms with E-state index in [1.54, 1.807) is 6.92 Å². The summed E-state index contributed by atoms with van der Waals surface area (Å²) in [5.74, 6) is -1.47. The van der Waals surface area contributed by atoms with Gasteiger partial charge in [-0.2, -0.15) is 9.78 Å². The van der Waals surface area contributed by atoms with E-state index in [0.29, 0.717) is 11.3 Å². The van der Waals surface area contributed by atoms with Crippen molar-refractivity contribution in [3.05, 3.63) is 40.2 Å². The number of hydrazone groups is 1. The van der Waals surface area contributed by atoms with Gasteiger partial charge in [-0.3, -0.25) is 4.79 Å². The van der Waals surface area contributed by atoms with Crippen LogP contribution in [0.3, 0.4) is 0 Å². The van der Waals surface area contributed by atoms with Crippen LogP contribution in [0.5, 0.6) is 11.5 Å². The Morgan fingerprint density at radius 3 is 2.83 bits per heavy atom. The van der Waals surface area contributed by atoms with Gasteiger partial charge in [0.25, 0.3) is 5.91 Å². The highest BCUT2D eigenvalue weighted by Gasteiger charge is 2.15. The minimum absolute atomic E-state index is 0.101. The molecule has 0 bridgehead atoms. The third-order valence-corrected chi connectivity index (χ3v) is 2.71. The SMILES string of the molecule is C/C(=N/NC(=O)Cn1cnc([N+](=O)[O-])n1)c1ccc(O)cc1O. The summed E-state index contributed by atoms with van der Waals surface area (Å²) in [6, 6.07) is 3.95. The average molecular weight is 320 g/mol. The molecule has 0 spiro atoms. The van der Waals surface area contributed by atoms with Crippen LogP contribution in [0.1, 0.15) is 12.5 Å². The van der Waals surface area contributed by atoms with Crippen LogP contribution in [0.25, 0.3) is 0 Å². The van der Waals surface area contributed by atoms with E-state index in [-0.39, 0.29) is 18.0 Å². The molecule has 11 nitrogen and oxygen atoms in total. The molecule has 0 aliphatic rings. The average Bonchev–Trinajstić information content (AvgIpc) is 2.93. The van der Waals surface area contributed by atoms with Crippen molar-refractivity contribution >= 4 is 17.6 Å². The van der Waals surface area contributed by atoms with Gasteiger partial charge < -0.3 is 20.3 Å². The summed E-state index contributed by atoms with van der Waals surface area (Å²) < 4.78 is 0.996. The summed E-state index contributed by atoms with van der Waals surface area (Å²) in [7, 11) is 0. The van der Waals surface area contributed by atoms with Crippen LogP contribution in [-0.4, -0.2) is 41.5 Å². The molecule has 1 heterocycles. The normalized spacial score (nSPS) is 11.3. The number of amides is 1. The Hall–Kier alpha value is -3.50. The number of hydrogen-bond acceptors (Lipinski definition) is 8. The Labute approximate surface area is 129 Å². The van der Waals surface area contributed by atoms with Crippen LogP contribution in [0.15, 0.2) is 29.6 Å². The zero-order valence-electron chi connectivity index (χ0n) is 11.9. The Kier molecular flexibility index (Phi) is 4.50. The number of nitrogens with zero attached hydrogens (tertiary/aromatic N) is 5. The van der Waals surface area contributed by atoms with Gasteiger partial charge in [0.05, 0.1) is 5.71 Å². The molecule has 11 heteroatoms. The Bertz CT molecular complexity index is 784. The van der Waals surface area contributed by atoms with Gasteiger partial charge in [0, 0.05) is 16.7 Å². The summed E-state index contributed by atoms with van der Waals surface area (Å²) in [6.45, 7) is 1.24. The lowest BCUT2D eigenvalue weighted by Gasteiger charge is -2.05. The van der Waals surface area contributed by atoms with E-state index in [4.69, 9.17) is 0 Å². The van der Waals surface area contributed by atoms with Gasteiger partial charge in [0.1, 0.15) is 18.0 Å². The molecule has 23 heavy (non-hydrogen) atoms. The first-order valence-electron chi connectivity index (χ1n) is 6.26. The maximum Gasteiger partial charge on any atom is 0.490 e. The summed E-state index contributed by atoms with van der Waals surface area (Å²) in [5.41, 5.74) is 2.87. The predicted octanol–water partition coefficient (Wildman–Crippen LogP) is 0.138. The predicted molar refractivity (Wildman–Crippen MR) is 76.8 cm³/mol. The number of phenolic OH excluding ortho intramolecular Hbond substituents is 2. The first kappa shape index (κ1) is 15.9. The summed E-state index contributed by atoms with van der Waals surface area (Å²) >= 11 is 0. The minimum atomic E-state index is -0.774. The van der Waals surface area contributed by atoms with Crippen LogP contribution in [0, 0.1) is 10.1 Å². The van der Waals surface area contributed by atoms with Crippen molar-refractivity contribution in [3.63, 3.8) is 0 Å². The van der Waals surface area contributed by atoms with Crippen LogP contribution < -0.4 is 5.43 Å². The second-order valence-corrected chi connectivity index (χ2v) is 4.43. The number of aromatic nitrogens is 3. The molecule has 2 aromatic rings. The topological polar surface area (TPSA) is 156 Å². The van der Waals surface area contributed by atoms with E-state index >= 15 is 0 Å². The van der Waals surface area contributed by atoms with Gasteiger partial charge >= 0.3 is 5.95 Å². The second kappa shape index (κ2) is 6.51. The molecule has 1 aromatic carbocycles. The number of nitro groups is 1. The van der Waals surface area contributed by atoms with Gasteiger partial charge in [-0.05, 0) is 24.0 Å². The second-order valence-electron chi connectivity index (χ2n) is 4.43. The van der Waals surface area contributed by atoms with E-state index in [2.05, 4.69) is 20.6 Å². The standard InChI is InChI=1S/C12H12N6O5/c1-7(9-3-2-8(19)4-10(9)20)14-15-11(21)5-17-6-13-12(16-17)18(22)23/h2-4,6,19-20H,5H2,1H3,(H,15,21)/b14-7-. The van der Waals surface area contributed by atoms with E-state index in [9.17, 15) is 25.1 Å². The minimum Gasteiger partial charge on any atom is -0.508 e. The van der Waals surface area contributed by atoms with Crippen molar-refractivity contribution < 1.29 is 19.9 Å². The van der Waals surface area contributed by atoms with Crippen LogP contribution in [-0.2, 0) is 11.3 Å². The monoisotopic (exact) mass is 320 g/mol. The number of hydrogen-bond donors (Lipinski definition) is 3. The van der Waals surface area contributed by atoms with Crippen molar-refractivity contribution in [2.45, 2.75) is 13.5 Å². The van der Waals surface area contributed by atoms with Gasteiger partial charge in [-0.25, -0.2) is 5.43 Å². The fourth-order valence-corrected chi connectivity index (χ4v) is 1.66. The molecular weight excluding hydrogens is 308 g/mol. The van der Waals surface area contributed by atoms with Crippen LogP contribution in [0.2, 0.25) is 0 Å². The van der Waals surface area contributed by atoms with Gasteiger partial charge in [0.2, 0.25) is 6.33 Å². The van der Waals surface area contributed by atoms with Crippen molar-refractivity contribution in [3.8, 4) is 11.5 Å². The molecule has 0 unspecified atom stereocenters. The number of phenols is 2. The smallest absolute Gasteiger partial charge is 0.490 e. The summed E-state index contributed by atoms with van der Waals surface area (Å²) in [6.07, 6.45) is 1.06. The van der Waals surface area contributed by atoms with E-state index in [1.807, 2.05) is 0 Å². The lowest BCUT2D eigenvalue weighted by Crippen LogP contribution is -2.24. The van der Waals surface area contributed by atoms with Crippen molar-refractivity contribution in [2.75, 3.05) is 0 Å². The molecule has 0 saturated heterocycles. The molecule has 120 valence electrons. The molecule has 0 aliphatic heterocycles. The van der Waals surface area contributed by atoms with Crippen molar-refractivity contribution in [1.29, 1.82) is 0 Å². The molecule has 0 saturated carbocycles. The number of carbonyl (C=O) groups excluding carboxylic acids is 1. The molecule has 1 amide bonds. The number of carbonyl (C=O) groups is 1. The fourth-order valence-electron chi connectivity index (χ4n) is 1.66. The van der Waals surface area contributed by atoms with Gasteiger partial charge in [-0.15, -0.1) is 0 Å². The van der Waals surface area contributed by atoms with E-state index in [1.165, 1.54) is 12.1 Å². The quantitative estimate of drug-likeness (QED) is 0.402. The van der Waals surface area contributed by atoms with Crippen LogP contribution in [0.4, 0.5) is 5.95 Å². The molecule has 2 rings (SSSR count). The molecule has 0 aliphatic carbocycles. The summed E-state index contributed by atoms with van der Waals surface area (Å²) in [5, 5.41) is 36.6. The highest BCUT2D eigenvalue weighted by molar-refractivity contribution is 6.01. The highest BCUT2D eigenvalue weighted by atomic mass is 16.6. The maximum atomic E-state index is 11.7. The van der Waals surface area contributed by atoms with Crippen molar-refractivity contribution in [1.82, 2.24) is 20.2 Å². The van der Waals surface area contributed by atoms with E-state index < -0.39 is 16.8 Å². The first-order chi connectivity index (χ1) is 10.9. The first-order valence-corrected chi connectivity index (χ1v) is 6.26. The maximum absolute atomic E-state index is 11.7. The molecule has 1 aromatic heterocycles. The van der Waals surface area contributed by atoms with E-state index in [0.717, 1.165) is 17.1 Å². The highest BCUT2D eigenvalue weighted by Crippen LogP contribution is 2.22. The number of benzene rings is 1. The third-order valence-electron chi connectivity index (χ3n) is 2.71. The van der Waals surface area contributed by atoms with Crippen molar-refractivity contribution in [2.24, 2.45) is 5.10 Å². The lowest BCUT2D eigenvalue weighted by atomic mass is 10.1. The Morgan fingerprint density at radius 2 is 2.22 bits per heavy atom. The number of aromatic hydroxyl groups is 2. The lowest BCUT2D eigenvalue weighted by molar-refractivity contribution is -0.394. The zero-order valence-corrected chi connectivity index (χ0v) is 11.9. The molecule has 0 fully saturated rings. The molecule has 0 atom stereocenters. The van der Waals surface area contributed by atoms with Gasteiger partial charge in [0.15, 0.2) is 0 Å². The third kappa shape index (κ3) is 4.00. The van der Waals surface area contributed by atoms with Crippen LogP contribution >= 0.6 is 0 Å². The molecular formula is C12H12N6O5. The Morgan fingerprint density at radius 1 is 1.48 bits per heavy atom. The fraction of sp³-hybridized carbons (Fsp3) is 0.167. The number of nitrogens with one attached hydrogen (secondary N) is 1. The van der Waals surface area contributed by atoms with Gasteiger partial charge in [-0.1, -0.05) is 4.98 Å². The number of rotatable bonds is 5. The largest absolute Gasteiger partial charge is 0.508 e. The Balaban J connectivity index is 2.00. The zero-order chi connectivity index (χ0) is 17.0.